The Morgan fingerprint density at radius 2 is 1.83 bits per heavy atom. The van der Waals surface area contributed by atoms with Crippen molar-refractivity contribution in [2.75, 3.05) is 7.11 Å². The van der Waals surface area contributed by atoms with Crippen LogP contribution < -0.4 is 0 Å². The van der Waals surface area contributed by atoms with Crippen LogP contribution in [-0.4, -0.2) is 31.4 Å². The molecule has 0 spiro atoms. The summed E-state index contributed by atoms with van der Waals surface area (Å²) in [5.41, 5.74) is 0.587. The molecule has 1 atom stereocenters. The summed E-state index contributed by atoms with van der Waals surface area (Å²) < 4.78 is 30.4. The summed E-state index contributed by atoms with van der Waals surface area (Å²) >= 11 is 0. The third kappa shape index (κ3) is 3.58. The van der Waals surface area contributed by atoms with Crippen LogP contribution in [0.25, 0.3) is 0 Å². The standard InChI is InChI=1S/C17H24BFO4/c1-11-9-12(19)7-8-13(11)14(10-15(20)21-6)18-22-16(2,3)17(4,5)23-18/h7-9,14H,10H2,1-6H3. The topological polar surface area (TPSA) is 44.8 Å². The molecule has 1 aliphatic rings. The average Bonchev–Trinajstić information content (AvgIpc) is 2.65. The fourth-order valence-electron chi connectivity index (χ4n) is 2.72. The SMILES string of the molecule is COC(=O)CC(B1OC(C)(C)C(C)(C)O1)c1ccc(F)cc1C. The van der Waals surface area contributed by atoms with Gasteiger partial charge >= 0.3 is 13.1 Å². The number of ether oxygens (including phenoxy) is 1. The zero-order valence-corrected chi connectivity index (χ0v) is 14.6. The number of halogens is 1. The van der Waals surface area contributed by atoms with Gasteiger partial charge in [-0.15, -0.1) is 0 Å². The number of esters is 1. The summed E-state index contributed by atoms with van der Waals surface area (Å²) in [6, 6.07) is 4.52. The van der Waals surface area contributed by atoms with Gasteiger partial charge in [0.05, 0.1) is 24.7 Å². The van der Waals surface area contributed by atoms with Crippen LogP contribution in [0.15, 0.2) is 18.2 Å². The zero-order chi connectivity index (χ0) is 17.4. The lowest BCUT2D eigenvalue weighted by molar-refractivity contribution is -0.140. The van der Waals surface area contributed by atoms with Crippen LogP contribution in [0.2, 0.25) is 0 Å². The van der Waals surface area contributed by atoms with Crippen LogP contribution in [0.1, 0.15) is 51.1 Å². The van der Waals surface area contributed by atoms with E-state index in [1.165, 1.54) is 19.2 Å². The Hall–Kier alpha value is -1.40. The Kier molecular flexibility index (Phi) is 4.88. The fourth-order valence-corrected chi connectivity index (χ4v) is 2.72. The van der Waals surface area contributed by atoms with Gasteiger partial charge in [0, 0.05) is 5.82 Å². The minimum Gasteiger partial charge on any atom is -0.469 e. The molecule has 0 amide bonds. The smallest absolute Gasteiger partial charge is 0.466 e. The summed E-state index contributed by atoms with van der Waals surface area (Å²) in [5.74, 6) is -1.02. The van der Waals surface area contributed by atoms with E-state index in [0.29, 0.717) is 0 Å². The largest absolute Gasteiger partial charge is 0.469 e. The molecule has 1 aliphatic heterocycles. The van der Waals surface area contributed by atoms with Crippen molar-refractivity contribution in [3.8, 4) is 0 Å². The third-order valence-corrected chi connectivity index (χ3v) is 4.85. The predicted octanol–water partition coefficient (Wildman–Crippen LogP) is 3.41. The van der Waals surface area contributed by atoms with Crippen molar-refractivity contribution in [3.05, 3.63) is 35.1 Å². The Morgan fingerprint density at radius 3 is 2.30 bits per heavy atom. The molecule has 0 N–H and O–H groups in total. The maximum Gasteiger partial charge on any atom is 0.466 e. The quantitative estimate of drug-likeness (QED) is 0.629. The highest BCUT2D eigenvalue weighted by atomic mass is 19.1. The molecule has 0 aromatic heterocycles. The van der Waals surface area contributed by atoms with Gasteiger partial charge in [-0.1, -0.05) is 6.07 Å². The number of benzene rings is 1. The maximum atomic E-state index is 13.4. The summed E-state index contributed by atoms with van der Waals surface area (Å²) in [6.07, 6.45) is 0.111. The molecule has 0 aliphatic carbocycles. The van der Waals surface area contributed by atoms with Crippen molar-refractivity contribution in [3.63, 3.8) is 0 Å². The van der Waals surface area contributed by atoms with Gasteiger partial charge in [0.1, 0.15) is 5.82 Å². The zero-order valence-electron chi connectivity index (χ0n) is 14.6. The van der Waals surface area contributed by atoms with Crippen molar-refractivity contribution in [1.29, 1.82) is 0 Å². The Bertz CT molecular complexity index is 584. The molecule has 1 fully saturated rings. The van der Waals surface area contributed by atoms with Gasteiger partial charge < -0.3 is 14.0 Å². The molecule has 1 saturated heterocycles. The van der Waals surface area contributed by atoms with Gasteiger partial charge in [-0.05, 0) is 57.9 Å². The second kappa shape index (κ2) is 6.25. The number of rotatable bonds is 4. The molecular weight excluding hydrogens is 298 g/mol. The van der Waals surface area contributed by atoms with E-state index in [4.69, 9.17) is 14.0 Å². The molecule has 1 unspecified atom stereocenters. The van der Waals surface area contributed by atoms with Crippen molar-refractivity contribution in [2.24, 2.45) is 0 Å². The van der Waals surface area contributed by atoms with Crippen LogP contribution in [0, 0.1) is 12.7 Å². The predicted molar refractivity (Wildman–Crippen MR) is 86.6 cm³/mol. The summed E-state index contributed by atoms with van der Waals surface area (Å²) in [6.45, 7) is 9.65. The number of hydrogen-bond acceptors (Lipinski definition) is 4. The van der Waals surface area contributed by atoms with E-state index in [0.717, 1.165) is 11.1 Å². The molecular formula is C17H24BFO4. The third-order valence-electron chi connectivity index (χ3n) is 4.85. The summed E-state index contributed by atoms with van der Waals surface area (Å²) in [7, 11) is 0.754. The van der Waals surface area contributed by atoms with Gasteiger partial charge in [0.2, 0.25) is 0 Å². The number of hydrogen-bond donors (Lipinski definition) is 0. The van der Waals surface area contributed by atoms with Gasteiger partial charge in [-0.25, -0.2) is 4.39 Å². The normalized spacial score (nSPS) is 20.4. The number of carbonyl (C=O) groups excluding carboxylic acids is 1. The molecule has 2 rings (SSSR count). The molecule has 23 heavy (non-hydrogen) atoms. The van der Waals surface area contributed by atoms with Gasteiger partial charge in [0.25, 0.3) is 0 Å². The van der Waals surface area contributed by atoms with Gasteiger partial charge in [0.15, 0.2) is 0 Å². The van der Waals surface area contributed by atoms with Crippen LogP contribution in [-0.2, 0) is 18.8 Å². The minimum atomic E-state index is -0.594. The highest BCUT2D eigenvalue weighted by molar-refractivity contribution is 6.48. The van der Waals surface area contributed by atoms with Gasteiger partial charge in [-0.2, -0.15) is 0 Å². The number of methoxy groups -OCH3 is 1. The van der Waals surface area contributed by atoms with Crippen LogP contribution >= 0.6 is 0 Å². The second-order valence-electron chi connectivity index (χ2n) is 7.01. The van der Waals surface area contributed by atoms with E-state index in [9.17, 15) is 9.18 Å². The van der Waals surface area contributed by atoms with E-state index >= 15 is 0 Å². The van der Waals surface area contributed by atoms with E-state index < -0.39 is 18.3 Å². The monoisotopic (exact) mass is 322 g/mol. The van der Waals surface area contributed by atoms with Crippen LogP contribution in [0.3, 0.4) is 0 Å². The maximum absolute atomic E-state index is 13.4. The lowest BCUT2D eigenvalue weighted by Gasteiger charge is -2.32. The Balaban J connectivity index is 2.38. The van der Waals surface area contributed by atoms with E-state index in [1.807, 2.05) is 34.6 Å². The molecule has 0 saturated carbocycles. The van der Waals surface area contributed by atoms with Crippen LogP contribution in [0.4, 0.5) is 4.39 Å². The average molecular weight is 322 g/mol. The highest BCUT2D eigenvalue weighted by Gasteiger charge is 2.54. The van der Waals surface area contributed by atoms with Gasteiger partial charge in [-0.3, -0.25) is 4.79 Å². The molecule has 0 radical (unpaired) electrons. The Morgan fingerprint density at radius 1 is 1.26 bits per heavy atom. The lowest BCUT2D eigenvalue weighted by Crippen LogP contribution is -2.41. The second-order valence-corrected chi connectivity index (χ2v) is 7.01. The Labute approximate surface area is 137 Å². The lowest BCUT2D eigenvalue weighted by atomic mass is 9.65. The van der Waals surface area contributed by atoms with Crippen molar-refractivity contribution in [1.82, 2.24) is 0 Å². The van der Waals surface area contributed by atoms with E-state index in [1.54, 1.807) is 6.07 Å². The van der Waals surface area contributed by atoms with E-state index in [-0.39, 0.29) is 24.0 Å². The first kappa shape index (κ1) is 18.0. The number of carbonyl (C=O) groups is 1. The molecule has 0 bridgehead atoms. The summed E-state index contributed by atoms with van der Waals surface area (Å²) in [5, 5.41) is 0. The molecule has 1 aromatic rings. The fraction of sp³-hybridized carbons (Fsp3) is 0.588. The molecule has 126 valence electrons. The molecule has 6 heteroatoms. The molecule has 4 nitrogen and oxygen atoms in total. The van der Waals surface area contributed by atoms with Crippen molar-refractivity contribution in [2.45, 2.75) is 58.1 Å². The first-order chi connectivity index (χ1) is 10.6. The highest BCUT2D eigenvalue weighted by Crippen LogP contribution is 2.42. The molecule has 1 aromatic carbocycles. The molecule has 1 heterocycles. The number of aryl methyl sites for hydroxylation is 1. The van der Waals surface area contributed by atoms with Crippen molar-refractivity contribution < 1.29 is 23.2 Å². The summed E-state index contributed by atoms with van der Waals surface area (Å²) in [4.78, 5) is 11.8. The first-order valence-electron chi connectivity index (χ1n) is 7.76. The van der Waals surface area contributed by atoms with E-state index in [2.05, 4.69) is 0 Å². The minimum absolute atomic E-state index is 0.111. The van der Waals surface area contributed by atoms with Crippen molar-refractivity contribution >= 4 is 13.1 Å². The first-order valence-corrected chi connectivity index (χ1v) is 7.76. The van der Waals surface area contributed by atoms with Crippen LogP contribution in [0.5, 0.6) is 0 Å².